The van der Waals surface area contributed by atoms with Crippen molar-refractivity contribution < 1.29 is 0 Å². The maximum Gasteiger partial charge on any atom is 0.0595 e. The van der Waals surface area contributed by atoms with Crippen molar-refractivity contribution in [1.82, 2.24) is 5.32 Å². The van der Waals surface area contributed by atoms with Crippen molar-refractivity contribution in [3.8, 4) is 0 Å². The van der Waals surface area contributed by atoms with Crippen LogP contribution in [-0.2, 0) is 0 Å². The highest BCUT2D eigenvalue weighted by Crippen LogP contribution is 2.27. The highest BCUT2D eigenvalue weighted by atomic mass is 35.5. The van der Waals surface area contributed by atoms with Gasteiger partial charge < -0.3 is 5.32 Å². The number of thioether (sulfide) groups is 1. The Morgan fingerprint density at radius 1 is 1.25 bits per heavy atom. The predicted octanol–water partition coefficient (Wildman–Crippen LogP) is 4.40. The van der Waals surface area contributed by atoms with Gasteiger partial charge in [-0.3, -0.25) is 0 Å². The fraction of sp³-hybridized carbons (Fsp3) is 0.500. The SMILES string of the molecule is CNC(CSC(C)C)c1ccc(Cl)c(Cl)c1. The summed E-state index contributed by atoms with van der Waals surface area (Å²) in [5, 5.41) is 5.16. The molecule has 0 radical (unpaired) electrons. The fourth-order valence-electron chi connectivity index (χ4n) is 1.36. The zero-order valence-electron chi connectivity index (χ0n) is 9.76. The molecule has 0 amide bonds. The number of hydrogen-bond acceptors (Lipinski definition) is 2. The Kier molecular flexibility index (Phi) is 5.98. The Labute approximate surface area is 112 Å². The van der Waals surface area contributed by atoms with Crippen molar-refractivity contribution in [1.29, 1.82) is 0 Å². The second-order valence-corrected chi connectivity index (χ2v) is 6.32. The summed E-state index contributed by atoms with van der Waals surface area (Å²) in [5.74, 6) is 1.03. The van der Waals surface area contributed by atoms with Crippen molar-refractivity contribution in [3.05, 3.63) is 33.8 Å². The lowest BCUT2D eigenvalue weighted by atomic mass is 10.1. The summed E-state index contributed by atoms with van der Waals surface area (Å²) in [4.78, 5) is 0. The molecule has 0 spiro atoms. The average molecular weight is 278 g/mol. The third-order valence-electron chi connectivity index (χ3n) is 2.29. The van der Waals surface area contributed by atoms with Gasteiger partial charge in [-0.15, -0.1) is 0 Å². The van der Waals surface area contributed by atoms with Gasteiger partial charge in [-0.2, -0.15) is 11.8 Å². The maximum absolute atomic E-state index is 6.01. The zero-order chi connectivity index (χ0) is 12.1. The molecule has 0 bridgehead atoms. The smallest absolute Gasteiger partial charge is 0.0595 e. The summed E-state index contributed by atoms with van der Waals surface area (Å²) in [6, 6.07) is 6.13. The molecule has 16 heavy (non-hydrogen) atoms. The summed E-state index contributed by atoms with van der Waals surface area (Å²) >= 11 is 13.8. The molecule has 1 aromatic carbocycles. The van der Waals surface area contributed by atoms with Crippen LogP contribution in [0.15, 0.2) is 18.2 Å². The van der Waals surface area contributed by atoms with E-state index in [1.165, 1.54) is 5.56 Å². The van der Waals surface area contributed by atoms with Crippen LogP contribution in [-0.4, -0.2) is 18.1 Å². The molecule has 1 atom stereocenters. The first-order valence-corrected chi connectivity index (χ1v) is 7.09. The van der Waals surface area contributed by atoms with Gasteiger partial charge in [0.15, 0.2) is 0 Å². The molecule has 0 heterocycles. The first kappa shape index (κ1) is 14.2. The molecule has 1 nitrogen and oxygen atoms in total. The van der Waals surface area contributed by atoms with Gasteiger partial charge in [-0.25, -0.2) is 0 Å². The topological polar surface area (TPSA) is 12.0 Å². The molecule has 1 unspecified atom stereocenters. The third-order valence-corrected chi connectivity index (χ3v) is 4.22. The van der Waals surface area contributed by atoms with Crippen LogP contribution in [0, 0.1) is 0 Å². The van der Waals surface area contributed by atoms with E-state index in [1.807, 2.05) is 37.0 Å². The summed E-state index contributed by atoms with van der Waals surface area (Å²) in [6.45, 7) is 4.40. The molecule has 1 rings (SSSR count). The Morgan fingerprint density at radius 2 is 1.94 bits per heavy atom. The Balaban J connectivity index is 2.74. The highest BCUT2D eigenvalue weighted by Gasteiger charge is 2.11. The monoisotopic (exact) mass is 277 g/mol. The number of benzene rings is 1. The van der Waals surface area contributed by atoms with Crippen LogP contribution < -0.4 is 5.32 Å². The summed E-state index contributed by atoms with van der Waals surface area (Å²) < 4.78 is 0. The van der Waals surface area contributed by atoms with E-state index >= 15 is 0 Å². The van der Waals surface area contributed by atoms with E-state index in [2.05, 4.69) is 19.2 Å². The van der Waals surface area contributed by atoms with Crippen molar-refractivity contribution in [2.75, 3.05) is 12.8 Å². The standard InChI is InChI=1S/C12H17Cl2NS/c1-8(2)16-7-12(15-3)9-4-5-10(13)11(14)6-9/h4-6,8,12,15H,7H2,1-3H3. The molecule has 0 saturated carbocycles. The number of rotatable bonds is 5. The normalized spacial score (nSPS) is 13.1. The van der Waals surface area contributed by atoms with Crippen LogP contribution in [0.2, 0.25) is 10.0 Å². The van der Waals surface area contributed by atoms with E-state index in [4.69, 9.17) is 23.2 Å². The van der Waals surface area contributed by atoms with Gasteiger partial charge in [-0.1, -0.05) is 43.1 Å². The molecule has 0 aliphatic rings. The second-order valence-electron chi connectivity index (χ2n) is 3.90. The average Bonchev–Trinajstić information content (AvgIpc) is 2.23. The first-order valence-electron chi connectivity index (χ1n) is 5.28. The molecule has 1 aromatic rings. The minimum Gasteiger partial charge on any atom is -0.312 e. The molecule has 0 aliphatic heterocycles. The van der Waals surface area contributed by atoms with Gasteiger partial charge >= 0.3 is 0 Å². The summed E-state index contributed by atoms with van der Waals surface area (Å²) in [5.41, 5.74) is 1.19. The second kappa shape index (κ2) is 6.75. The van der Waals surface area contributed by atoms with Gasteiger partial charge in [0, 0.05) is 11.8 Å². The highest BCUT2D eigenvalue weighted by molar-refractivity contribution is 7.99. The lowest BCUT2D eigenvalue weighted by molar-refractivity contribution is 0.661. The molecule has 0 aliphatic carbocycles. The van der Waals surface area contributed by atoms with Crippen molar-refractivity contribution in [2.45, 2.75) is 25.1 Å². The van der Waals surface area contributed by atoms with E-state index in [1.54, 1.807) is 0 Å². The van der Waals surface area contributed by atoms with E-state index in [9.17, 15) is 0 Å². The Morgan fingerprint density at radius 3 is 2.44 bits per heavy atom. The predicted molar refractivity (Wildman–Crippen MR) is 75.9 cm³/mol. The molecule has 0 fully saturated rings. The minimum absolute atomic E-state index is 0.321. The minimum atomic E-state index is 0.321. The molecule has 0 saturated heterocycles. The van der Waals surface area contributed by atoms with Crippen LogP contribution in [0.25, 0.3) is 0 Å². The van der Waals surface area contributed by atoms with Crippen molar-refractivity contribution in [3.63, 3.8) is 0 Å². The van der Waals surface area contributed by atoms with Crippen LogP contribution in [0.4, 0.5) is 0 Å². The number of hydrogen-bond donors (Lipinski definition) is 1. The lowest BCUT2D eigenvalue weighted by Crippen LogP contribution is -2.19. The Hall–Kier alpha value is 0.110. The first-order chi connectivity index (χ1) is 7.54. The Bertz CT molecular complexity index is 342. The van der Waals surface area contributed by atoms with E-state index in [0.29, 0.717) is 21.3 Å². The molecule has 90 valence electrons. The van der Waals surface area contributed by atoms with Gasteiger partial charge in [-0.05, 0) is 30.0 Å². The van der Waals surface area contributed by atoms with Gasteiger partial charge in [0.25, 0.3) is 0 Å². The largest absolute Gasteiger partial charge is 0.312 e. The van der Waals surface area contributed by atoms with Crippen LogP contribution in [0.5, 0.6) is 0 Å². The molecule has 0 aromatic heterocycles. The molecular weight excluding hydrogens is 261 g/mol. The van der Waals surface area contributed by atoms with Gasteiger partial charge in [0.1, 0.15) is 0 Å². The lowest BCUT2D eigenvalue weighted by Gasteiger charge is -2.18. The third kappa shape index (κ3) is 4.17. The molecule has 1 N–H and O–H groups in total. The van der Waals surface area contributed by atoms with Crippen molar-refractivity contribution in [2.24, 2.45) is 0 Å². The number of nitrogens with one attached hydrogen (secondary N) is 1. The quantitative estimate of drug-likeness (QED) is 0.857. The van der Waals surface area contributed by atoms with Crippen LogP contribution in [0.1, 0.15) is 25.5 Å². The number of halogens is 2. The van der Waals surface area contributed by atoms with E-state index in [-0.39, 0.29) is 0 Å². The van der Waals surface area contributed by atoms with Crippen molar-refractivity contribution >= 4 is 35.0 Å². The van der Waals surface area contributed by atoms with Gasteiger partial charge in [0.05, 0.1) is 10.0 Å². The fourth-order valence-corrected chi connectivity index (χ4v) is 2.61. The van der Waals surface area contributed by atoms with Crippen LogP contribution >= 0.6 is 35.0 Å². The summed E-state index contributed by atoms with van der Waals surface area (Å²) in [7, 11) is 1.97. The van der Waals surface area contributed by atoms with E-state index in [0.717, 1.165) is 5.75 Å². The van der Waals surface area contributed by atoms with E-state index < -0.39 is 0 Å². The van der Waals surface area contributed by atoms with Crippen LogP contribution in [0.3, 0.4) is 0 Å². The maximum atomic E-state index is 6.01. The molecule has 4 heteroatoms. The zero-order valence-corrected chi connectivity index (χ0v) is 12.1. The summed E-state index contributed by atoms with van der Waals surface area (Å²) in [6.07, 6.45) is 0. The van der Waals surface area contributed by atoms with Gasteiger partial charge in [0.2, 0.25) is 0 Å². The molecular formula is C12H17Cl2NS.